The van der Waals surface area contributed by atoms with Crippen molar-refractivity contribution in [3.8, 4) is 11.5 Å². The number of Topliss-reactive ketones (excluding diaryl/α,β-unsaturated/α-hetero) is 1. The first kappa shape index (κ1) is 24.5. The number of para-hydroxylation sites is 1. The van der Waals surface area contributed by atoms with Crippen LogP contribution in [0, 0.1) is 0 Å². The van der Waals surface area contributed by atoms with E-state index in [1.165, 1.54) is 18.9 Å². The summed E-state index contributed by atoms with van der Waals surface area (Å²) in [5, 5.41) is 14.0. The van der Waals surface area contributed by atoms with Crippen LogP contribution in [0.2, 0.25) is 0 Å². The Kier molecular flexibility index (Phi) is 7.05. The molecule has 1 fully saturated rings. The van der Waals surface area contributed by atoms with E-state index in [2.05, 4.69) is 5.32 Å². The first-order valence-corrected chi connectivity index (χ1v) is 11.4. The van der Waals surface area contributed by atoms with Crippen LogP contribution < -0.4 is 19.7 Å². The molecule has 4 rings (SSSR count). The lowest BCUT2D eigenvalue weighted by Gasteiger charge is -2.26. The van der Waals surface area contributed by atoms with Gasteiger partial charge in [0.25, 0.3) is 11.7 Å². The van der Waals surface area contributed by atoms with E-state index in [1.54, 1.807) is 72.8 Å². The summed E-state index contributed by atoms with van der Waals surface area (Å²) in [7, 11) is 1.50. The Bertz CT molecular complexity index is 1350. The molecule has 8 heteroatoms. The molecule has 0 aromatic heterocycles. The number of benzene rings is 3. The van der Waals surface area contributed by atoms with Gasteiger partial charge in [0, 0.05) is 29.4 Å². The van der Waals surface area contributed by atoms with Crippen molar-refractivity contribution in [1.29, 1.82) is 0 Å². The van der Waals surface area contributed by atoms with Gasteiger partial charge in [0.05, 0.1) is 25.3 Å². The average molecular weight is 487 g/mol. The van der Waals surface area contributed by atoms with Gasteiger partial charge in [-0.05, 0) is 49.4 Å². The molecule has 1 heterocycles. The van der Waals surface area contributed by atoms with E-state index in [0.717, 1.165) is 0 Å². The van der Waals surface area contributed by atoms with Gasteiger partial charge in [-0.25, -0.2) is 0 Å². The second-order valence-electron chi connectivity index (χ2n) is 8.10. The lowest BCUT2D eigenvalue weighted by Crippen LogP contribution is -2.29. The Morgan fingerprint density at radius 3 is 2.42 bits per heavy atom. The predicted molar refractivity (Wildman–Crippen MR) is 136 cm³/mol. The molecule has 0 saturated carbocycles. The zero-order valence-electron chi connectivity index (χ0n) is 20.1. The number of aliphatic hydroxyl groups is 1. The fourth-order valence-corrected chi connectivity index (χ4v) is 4.25. The third kappa shape index (κ3) is 4.65. The van der Waals surface area contributed by atoms with Crippen molar-refractivity contribution in [1.82, 2.24) is 0 Å². The third-order valence-electron chi connectivity index (χ3n) is 5.76. The summed E-state index contributed by atoms with van der Waals surface area (Å²) in [6.45, 7) is 3.68. The molecule has 0 aliphatic carbocycles. The highest BCUT2D eigenvalue weighted by atomic mass is 16.5. The van der Waals surface area contributed by atoms with E-state index in [-0.39, 0.29) is 17.2 Å². The fourth-order valence-electron chi connectivity index (χ4n) is 4.25. The number of nitrogens with zero attached hydrogens (tertiary/aromatic N) is 1. The van der Waals surface area contributed by atoms with Gasteiger partial charge in [-0.1, -0.05) is 30.3 Å². The number of ketones is 1. The monoisotopic (exact) mass is 486 g/mol. The van der Waals surface area contributed by atoms with E-state index in [4.69, 9.17) is 9.47 Å². The van der Waals surface area contributed by atoms with E-state index in [9.17, 15) is 19.5 Å². The number of carbonyl (C=O) groups excluding carboxylic acids is 3. The van der Waals surface area contributed by atoms with Crippen molar-refractivity contribution in [2.45, 2.75) is 19.9 Å². The summed E-state index contributed by atoms with van der Waals surface area (Å²) in [6.07, 6.45) is 0. The topological polar surface area (TPSA) is 105 Å². The van der Waals surface area contributed by atoms with Gasteiger partial charge >= 0.3 is 0 Å². The molecule has 0 radical (unpaired) electrons. The van der Waals surface area contributed by atoms with Gasteiger partial charge in [0.15, 0.2) is 0 Å². The summed E-state index contributed by atoms with van der Waals surface area (Å²) in [4.78, 5) is 39.5. The summed E-state index contributed by atoms with van der Waals surface area (Å²) in [6, 6.07) is 19.3. The van der Waals surface area contributed by atoms with Crippen LogP contribution >= 0.6 is 0 Å². The third-order valence-corrected chi connectivity index (χ3v) is 5.76. The number of carbonyl (C=O) groups is 3. The first-order valence-electron chi connectivity index (χ1n) is 11.4. The van der Waals surface area contributed by atoms with Crippen LogP contribution in [-0.2, 0) is 14.4 Å². The molecule has 1 atom stereocenters. The molecule has 3 aromatic rings. The maximum Gasteiger partial charge on any atom is 0.300 e. The molecule has 1 saturated heterocycles. The number of hydrogen-bond donors (Lipinski definition) is 2. The molecule has 0 spiro atoms. The van der Waals surface area contributed by atoms with Crippen LogP contribution in [0.5, 0.6) is 11.5 Å². The number of ether oxygens (including phenoxy) is 2. The maximum absolute atomic E-state index is 13.4. The second kappa shape index (κ2) is 10.4. The van der Waals surface area contributed by atoms with Crippen LogP contribution in [0.4, 0.5) is 11.4 Å². The second-order valence-corrected chi connectivity index (χ2v) is 8.10. The molecule has 0 bridgehead atoms. The molecule has 1 aliphatic heterocycles. The maximum atomic E-state index is 13.4. The quantitative estimate of drug-likeness (QED) is 0.285. The van der Waals surface area contributed by atoms with Gasteiger partial charge in [0.2, 0.25) is 5.91 Å². The average Bonchev–Trinajstić information content (AvgIpc) is 3.14. The Morgan fingerprint density at radius 1 is 1.03 bits per heavy atom. The first-order chi connectivity index (χ1) is 17.3. The molecular formula is C28H26N2O6. The highest BCUT2D eigenvalue weighted by Crippen LogP contribution is 2.45. The molecule has 2 amide bonds. The number of hydrogen-bond acceptors (Lipinski definition) is 6. The number of nitrogens with one attached hydrogen (secondary N) is 1. The zero-order valence-corrected chi connectivity index (χ0v) is 20.1. The molecule has 2 N–H and O–H groups in total. The van der Waals surface area contributed by atoms with Crippen LogP contribution in [0.1, 0.15) is 31.0 Å². The highest BCUT2D eigenvalue weighted by molar-refractivity contribution is 6.51. The highest BCUT2D eigenvalue weighted by Gasteiger charge is 2.47. The van der Waals surface area contributed by atoms with Gasteiger partial charge in [0.1, 0.15) is 17.3 Å². The number of aliphatic hydroxyl groups excluding tert-OH is 1. The van der Waals surface area contributed by atoms with Crippen molar-refractivity contribution in [2.24, 2.45) is 0 Å². The lowest BCUT2D eigenvalue weighted by atomic mass is 9.94. The predicted octanol–water partition coefficient (Wildman–Crippen LogP) is 4.68. The molecule has 36 heavy (non-hydrogen) atoms. The van der Waals surface area contributed by atoms with Gasteiger partial charge in [-0.2, -0.15) is 0 Å². The Hall–Kier alpha value is -4.59. The van der Waals surface area contributed by atoms with Crippen molar-refractivity contribution >= 4 is 34.7 Å². The molecule has 184 valence electrons. The van der Waals surface area contributed by atoms with Crippen LogP contribution in [0.15, 0.2) is 78.4 Å². The van der Waals surface area contributed by atoms with E-state index >= 15 is 0 Å². The van der Waals surface area contributed by atoms with Crippen molar-refractivity contribution in [3.63, 3.8) is 0 Å². The van der Waals surface area contributed by atoms with Gasteiger partial charge in [-0.3, -0.25) is 19.3 Å². The minimum Gasteiger partial charge on any atom is -0.507 e. The number of amides is 2. The fraction of sp³-hybridized carbons (Fsp3) is 0.179. The zero-order chi connectivity index (χ0) is 25.8. The van der Waals surface area contributed by atoms with E-state index < -0.39 is 17.7 Å². The summed E-state index contributed by atoms with van der Waals surface area (Å²) in [5.41, 5.74) is 1.78. The Morgan fingerprint density at radius 2 is 1.75 bits per heavy atom. The van der Waals surface area contributed by atoms with Crippen LogP contribution in [0.3, 0.4) is 0 Å². The van der Waals surface area contributed by atoms with Gasteiger partial charge < -0.3 is 19.9 Å². The van der Waals surface area contributed by atoms with Crippen molar-refractivity contribution < 1.29 is 29.0 Å². The molecule has 1 aliphatic rings. The minimum atomic E-state index is -0.955. The van der Waals surface area contributed by atoms with E-state index in [0.29, 0.717) is 40.6 Å². The van der Waals surface area contributed by atoms with Gasteiger partial charge in [-0.15, -0.1) is 0 Å². The Labute approximate surface area is 208 Å². The molecule has 1 unspecified atom stereocenters. The van der Waals surface area contributed by atoms with Crippen molar-refractivity contribution in [2.75, 3.05) is 23.9 Å². The molecule has 3 aromatic carbocycles. The number of rotatable bonds is 7. The summed E-state index contributed by atoms with van der Waals surface area (Å²) < 4.78 is 11.1. The standard InChI is InChI=1S/C28H26N2O6/c1-4-36-21-9-7-8-18(16-21)26(32)24-25(22-10-5-6-11-23(22)35-3)30(28(34)27(24)33)20-14-12-19(13-15-20)29-17(2)31/h5-16,25,32H,4H2,1-3H3,(H,29,31)/b26-24-. The number of methoxy groups -OCH3 is 1. The lowest BCUT2D eigenvalue weighted by molar-refractivity contribution is -0.132. The van der Waals surface area contributed by atoms with Crippen molar-refractivity contribution in [3.05, 3.63) is 89.5 Å². The number of anilines is 2. The molecular weight excluding hydrogens is 460 g/mol. The van der Waals surface area contributed by atoms with E-state index in [1.807, 2.05) is 6.92 Å². The smallest absolute Gasteiger partial charge is 0.300 e. The summed E-state index contributed by atoms with van der Waals surface area (Å²) >= 11 is 0. The largest absolute Gasteiger partial charge is 0.507 e. The molecule has 8 nitrogen and oxygen atoms in total. The summed E-state index contributed by atoms with van der Waals surface area (Å²) in [5.74, 6) is -1.18. The normalized spacial score (nSPS) is 16.6. The SMILES string of the molecule is CCOc1cccc(/C(O)=C2/C(=O)C(=O)N(c3ccc(NC(C)=O)cc3)C2c2ccccc2OC)c1. The Balaban J connectivity index is 1.90. The van der Waals surface area contributed by atoms with Crippen LogP contribution in [-0.4, -0.2) is 36.4 Å². The van der Waals surface area contributed by atoms with Crippen LogP contribution in [0.25, 0.3) is 5.76 Å². The minimum absolute atomic E-state index is 0.0657.